The molecule has 0 N–H and O–H groups in total. The smallest absolute Gasteiger partial charge is 0.163 e. The van der Waals surface area contributed by atoms with Gasteiger partial charge in [0, 0.05) is 6.42 Å². The van der Waals surface area contributed by atoms with Gasteiger partial charge in [0.2, 0.25) is 0 Å². The number of Topliss-reactive ketones (excluding diaryl/α,β-unsaturated/α-hetero) is 1. The minimum atomic E-state index is -0.713. The zero-order chi connectivity index (χ0) is 20.0. The molecular formula is C23H36O4. The molecule has 0 aromatic carbocycles. The fraction of sp³-hybridized carbons (Fsp3) is 0.870. The molecule has 4 heteroatoms. The summed E-state index contributed by atoms with van der Waals surface area (Å²) in [5.74, 6) is -0.287. The number of ketones is 1. The van der Waals surface area contributed by atoms with Gasteiger partial charge >= 0.3 is 0 Å². The molecule has 2 aliphatic carbocycles. The first-order chi connectivity index (χ1) is 12.3. The van der Waals surface area contributed by atoms with E-state index in [-0.39, 0.29) is 34.9 Å². The van der Waals surface area contributed by atoms with Crippen molar-refractivity contribution >= 4 is 5.78 Å². The average Bonchev–Trinajstić information content (AvgIpc) is 2.80. The molecule has 7 atom stereocenters. The molecule has 4 nitrogen and oxygen atoms in total. The molecule has 0 unspecified atom stereocenters. The minimum absolute atomic E-state index is 0.0680. The molecule has 0 spiro atoms. The van der Waals surface area contributed by atoms with E-state index < -0.39 is 17.0 Å². The second-order valence-corrected chi connectivity index (χ2v) is 11.2. The Morgan fingerprint density at radius 3 is 2.33 bits per heavy atom. The predicted molar refractivity (Wildman–Crippen MR) is 104 cm³/mol. The highest BCUT2D eigenvalue weighted by Gasteiger charge is 2.74. The van der Waals surface area contributed by atoms with E-state index >= 15 is 0 Å². The molecular weight excluding hydrogens is 340 g/mol. The minimum Gasteiger partial charge on any atom is -0.361 e. The fourth-order valence-electron chi connectivity index (χ4n) is 7.47. The van der Waals surface area contributed by atoms with Gasteiger partial charge < -0.3 is 14.2 Å². The quantitative estimate of drug-likeness (QED) is 0.624. The predicted octanol–water partition coefficient (Wildman–Crippen LogP) is 4.66. The molecule has 0 radical (unpaired) electrons. The van der Waals surface area contributed by atoms with Crippen molar-refractivity contribution in [3.63, 3.8) is 0 Å². The zero-order valence-electron chi connectivity index (χ0n) is 18.1. The van der Waals surface area contributed by atoms with Crippen LogP contribution in [0, 0.1) is 22.7 Å². The maximum Gasteiger partial charge on any atom is 0.163 e. The van der Waals surface area contributed by atoms with Crippen LogP contribution in [0.3, 0.4) is 0 Å². The first-order valence-corrected chi connectivity index (χ1v) is 10.5. The van der Waals surface area contributed by atoms with Gasteiger partial charge in [-0.2, -0.15) is 0 Å². The summed E-state index contributed by atoms with van der Waals surface area (Å²) in [6, 6.07) is 0. The first-order valence-electron chi connectivity index (χ1n) is 10.5. The number of carbonyl (C=O) groups is 1. The summed E-state index contributed by atoms with van der Waals surface area (Å²) in [7, 11) is 0. The monoisotopic (exact) mass is 376 g/mol. The molecule has 0 amide bonds. The van der Waals surface area contributed by atoms with Gasteiger partial charge in [-0.15, -0.1) is 6.58 Å². The van der Waals surface area contributed by atoms with Crippen LogP contribution in [0.15, 0.2) is 12.7 Å². The number of carbonyl (C=O) groups excluding carboxylic acids is 1. The Morgan fingerprint density at radius 1 is 1.04 bits per heavy atom. The van der Waals surface area contributed by atoms with Gasteiger partial charge in [0.1, 0.15) is 17.5 Å². The van der Waals surface area contributed by atoms with Gasteiger partial charge in [0.05, 0.1) is 17.6 Å². The van der Waals surface area contributed by atoms with Gasteiger partial charge in [-0.05, 0) is 57.3 Å². The summed E-state index contributed by atoms with van der Waals surface area (Å²) >= 11 is 0. The van der Waals surface area contributed by atoms with Crippen molar-refractivity contribution in [3.05, 3.63) is 12.7 Å². The number of hydrogen-bond donors (Lipinski definition) is 0. The van der Waals surface area contributed by atoms with Crippen LogP contribution in [0.25, 0.3) is 0 Å². The summed E-state index contributed by atoms with van der Waals surface area (Å²) in [4.78, 5) is 13.6. The molecule has 2 heterocycles. The molecule has 27 heavy (non-hydrogen) atoms. The molecule has 4 fully saturated rings. The van der Waals surface area contributed by atoms with Crippen molar-refractivity contribution < 1.29 is 19.0 Å². The normalized spacial score (nSPS) is 53.2. The van der Waals surface area contributed by atoms with Gasteiger partial charge in [0.15, 0.2) is 5.79 Å². The van der Waals surface area contributed by atoms with Crippen LogP contribution in [0.1, 0.15) is 74.1 Å². The van der Waals surface area contributed by atoms with Gasteiger partial charge in [-0.3, -0.25) is 4.79 Å². The van der Waals surface area contributed by atoms with Crippen molar-refractivity contribution in [2.24, 2.45) is 22.7 Å². The van der Waals surface area contributed by atoms with E-state index in [4.69, 9.17) is 14.2 Å². The van der Waals surface area contributed by atoms with Crippen molar-refractivity contribution in [3.8, 4) is 0 Å². The lowest BCUT2D eigenvalue weighted by molar-refractivity contribution is -0.284. The summed E-state index contributed by atoms with van der Waals surface area (Å²) in [5, 5.41) is 0. The van der Waals surface area contributed by atoms with Gasteiger partial charge in [-0.1, -0.05) is 33.3 Å². The summed E-state index contributed by atoms with van der Waals surface area (Å²) in [5.41, 5.74) is -1.42. The van der Waals surface area contributed by atoms with Crippen molar-refractivity contribution in [1.29, 1.82) is 0 Å². The van der Waals surface area contributed by atoms with Crippen molar-refractivity contribution in [2.45, 2.75) is 103 Å². The average molecular weight is 377 g/mol. The summed E-state index contributed by atoms with van der Waals surface area (Å²) < 4.78 is 19.7. The van der Waals surface area contributed by atoms with E-state index in [1.165, 1.54) is 0 Å². The van der Waals surface area contributed by atoms with E-state index in [0.717, 1.165) is 19.3 Å². The van der Waals surface area contributed by atoms with E-state index in [2.05, 4.69) is 34.3 Å². The number of hydrogen-bond acceptors (Lipinski definition) is 4. The highest BCUT2D eigenvalue weighted by Crippen LogP contribution is 2.67. The summed E-state index contributed by atoms with van der Waals surface area (Å²) in [6.07, 6.45) is 5.18. The Kier molecular flexibility index (Phi) is 3.96. The molecule has 2 saturated carbocycles. The highest BCUT2D eigenvalue weighted by molar-refractivity contribution is 5.85. The molecule has 2 aliphatic heterocycles. The van der Waals surface area contributed by atoms with Crippen molar-refractivity contribution in [2.75, 3.05) is 0 Å². The Balaban J connectivity index is 1.91. The standard InChI is InChI=1S/C23H36O4/c1-9-21(6)13-14(24)16-22(7)12-10-11-19(2,3)17(22)15-18(23(16,8)27-21)26-20(4,5)25-15/h9,15-18H,1,10-13H2,2-8H3/t15-,16+,17-,18-,21-,22+,23-/m0/s1. The molecule has 4 rings (SSSR count). The van der Waals surface area contributed by atoms with Crippen LogP contribution in [0.2, 0.25) is 0 Å². The summed E-state index contributed by atoms with van der Waals surface area (Å²) in [6.45, 7) is 18.9. The highest BCUT2D eigenvalue weighted by atomic mass is 16.8. The molecule has 152 valence electrons. The van der Waals surface area contributed by atoms with E-state index in [0.29, 0.717) is 12.2 Å². The van der Waals surface area contributed by atoms with Crippen LogP contribution in [-0.2, 0) is 19.0 Å². The third-order valence-electron chi connectivity index (χ3n) is 8.08. The van der Waals surface area contributed by atoms with Crippen LogP contribution in [0.4, 0.5) is 0 Å². The third-order valence-corrected chi connectivity index (χ3v) is 8.08. The second-order valence-electron chi connectivity index (χ2n) is 11.2. The molecule has 0 bridgehead atoms. The lowest BCUT2D eigenvalue weighted by Gasteiger charge is -2.66. The largest absolute Gasteiger partial charge is 0.361 e. The Morgan fingerprint density at radius 2 is 1.70 bits per heavy atom. The van der Waals surface area contributed by atoms with Crippen LogP contribution in [-0.4, -0.2) is 35.0 Å². The maximum atomic E-state index is 13.6. The lowest BCUT2D eigenvalue weighted by atomic mass is 9.42. The Labute approximate surface area is 164 Å². The molecule has 0 aromatic heterocycles. The second kappa shape index (κ2) is 5.46. The van der Waals surface area contributed by atoms with Gasteiger partial charge in [0.25, 0.3) is 0 Å². The van der Waals surface area contributed by atoms with E-state index in [1.807, 2.05) is 20.8 Å². The number of rotatable bonds is 1. The van der Waals surface area contributed by atoms with Crippen LogP contribution in [0.5, 0.6) is 0 Å². The van der Waals surface area contributed by atoms with E-state index in [1.54, 1.807) is 6.08 Å². The fourth-order valence-corrected chi connectivity index (χ4v) is 7.47. The zero-order valence-corrected chi connectivity index (χ0v) is 18.1. The molecule has 4 aliphatic rings. The lowest BCUT2D eigenvalue weighted by Crippen LogP contribution is -2.74. The number of ether oxygens (including phenoxy) is 3. The van der Waals surface area contributed by atoms with Gasteiger partial charge in [-0.25, -0.2) is 0 Å². The van der Waals surface area contributed by atoms with Crippen LogP contribution < -0.4 is 0 Å². The molecule has 2 saturated heterocycles. The topological polar surface area (TPSA) is 44.8 Å². The van der Waals surface area contributed by atoms with E-state index in [9.17, 15) is 4.79 Å². The van der Waals surface area contributed by atoms with Crippen molar-refractivity contribution in [1.82, 2.24) is 0 Å². The maximum absolute atomic E-state index is 13.6. The van der Waals surface area contributed by atoms with Crippen LogP contribution >= 0.6 is 0 Å². The Hall–Kier alpha value is -0.710. The first kappa shape index (κ1) is 19.6. The SMILES string of the molecule is C=C[C@@]1(C)CC(=O)[C@@H]2[C@@]3(C)CCCC(C)(C)[C@@H]3[C@@H]3OC(C)(C)O[C@@H]3[C@@]2(C)O1. The Bertz CT molecular complexity index is 682. The third kappa shape index (κ3) is 2.55. The number of fused-ring (bicyclic) bond motifs is 6. The molecule has 0 aromatic rings.